The zero-order valence-electron chi connectivity index (χ0n) is 12.9. The van der Waals surface area contributed by atoms with E-state index in [1.807, 2.05) is 6.92 Å². The number of benzene rings is 1. The highest BCUT2D eigenvalue weighted by atomic mass is 16.5. The molecule has 21 heavy (non-hydrogen) atoms. The molecule has 1 aromatic rings. The van der Waals surface area contributed by atoms with Gasteiger partial charge in [0.15, 0.2) is 0 Å². The van der Waals surface area contributed by atoms with Crippen LogP contribution in [0.2, 0.25) is 0 Å². The molecule has 112 valence electrons. The first-order valence-electron chi connectivity index (χ1n) is 8.20. The normalized spacial score (nSPS) is 37.3. The van der Waals surface area contributed by atoms with E-state index in [1.54, 1.807) is 7.11 Å². The zero-order chi connectivity index (χ0) is 14.6. The zero-order valence-corrected chi connectivity index (χ0v) is 12.9. The van der Waals surface area contributed by atoms with Crippen molar-refractivity contribution in [1.82, 2.24) is 0 Å². The van der Waals surface area contributed by atoms with Gasteiger partial charge in [0.25, 0.3) is 0 Å². The number of aryl methyl sites for hydroxylation is 1. The van der Waals surface area contributed by atoms with Crippen LogP contribution in [0.3, 0.4) is 0 Å². The molecule has 1 saturated carbocycles. The molecule has 2 heteroatoms. The van der Waals surface area contributed by atoms with Crippen LogP contribution in [0, 0.1) is 17.8 Å². The lowest BCUT2D eigenvalue weighted by molar-refractivity contribution is 0.00489. The molecular formula is C19H24O2. The number of rotatable bonds is 1. The summed E-state index contributed by atoms with van der Waals surface area (Å²) in [6.07, 6.45) is 7.97. The van der Waals surface area contributed by atoms with Crippen LogP contribution in [0.4, 0.5) is 0 Å². The molecule has 0 amide bonds. The summed E-state index contributed by atoms with van der Waals surface area (Å²) in [5, 5.41) is 10.6. The van der Waals surface area contributed by atoms with E-state index in [-0.39, 0.29) is 0 Å². The molecule has 0 spiro atoms. The van der Waals surface area contributed by atoms with Gasteiger partial charge in [-0.2, -0.15) is 0 Å². The summed E-state index contributed by atoms with van der Waals surface area (Å²) in [6, 6.07) is 6.52. The van der Waals surface area contributed by atoms with Crippen molar-refractivity contribution in [2.75, 3.05) is 7.11 Å². The number of allylic oxidation sites excluding steroid dienone is 2. The second-order valence-corrected chi connectivity index (χ2v) is 7.23. The smallest absolute Gasteiger partial charge is 0.119 e. The molecule has 0 aliphatic heterocycles. The van der Waals surface area contributed by atoms with Gasteiger partial charge in [-0.1, -0.05) is 12.1 Å². The van der Waals surface area contributed by atoms with Crippen molar-refractivity contribution < 1.29 is 9.84 Å². The van der Waals surface area contributed by atoms with Crippen LogP contribution < -0.4 is 4.74 Å². The Bertz CT molecular complexity index is 600. The summed E-state index contributed by atoms with van der Waals surface area (Å²) in [7, 11) is 1.73. The molecule has 4 rings (SSSR count). The van der Waals surface area contributed by atoms with E-state index in [9.17, 15) is 5.11 Å². The van der Waals surface area contributed by atoms with E-state index in [1.165, 1.54) is 29.5 Å². The van der Waals surface area contributed by atoms with Gasteiger partial charge in [0, 0.05) is 0 Å². The summed E-state index contributed by atoms with van der Waals surface area (Å²) in [6.45, 7) is 2.04. The average Bonchev–Trinajstić information content (AvgIpc) is 2.82. The minimum Gasteiger partial charge on any atom is -0.497 e. The first kappa shape index (κ1) is 13.4. The van der Waals surface area contributed by atoms with Crippen LogP contribution in [-0.2, 0) is 6.42 Å². The summed E-state index contributed by atoms with van der Waals surface area (Å²) in [5.74, 6) is 2.75. The Kier molecular flexibility index (Phi) is 2.94. The van der Waals surface area contributed by atoms with Crippen molar-refractivity contribution in [3.8, 4) is 5.75 Å². The van der Waals surface area contributed by atoms with Crippen molar-refractivity contribution in [2.24, 2.45) is 17.8 Å². The van der Waals surface area contributed by atoms with Crippen LogP contribution in [0.5, 0.6) is 5.75 Å². The van der Waals surface area contributed by atoms with Crippen molar-refractivity contribution in [3.05, 3.63) is 35.4 Å². The number of hydrogen-bond acceptors (Lipinski definition) is 2. The maximum Gasteiger partial charge on any atom is 0.119 e. The first-order valence-corrected chi connectivity index (χ1v) is 8.20. The van der Waals surface area contributed by atoms with Crippen LogP contribution in [0.25, 0.3) is 5.57 Å². The topological polar surface area (TPSA) is 29.5 Å². The Morgan fingerprint density at radius 3 is 2.95 bits per heavy atom. The largest absolute Gasteiger partial charge is 0.497 e. The van der Waals surface area contributed by atoms with Gasteiger partial charge in [0.1, 0.15) is 5.75 Å². The highest BCUT2D eigenvalue weighted by molar-refractivity contribution is 5.73. The molecular weight excluding hydrogens is 260 g/mol. The summed E-state index contributed by atoms with van der Waals surface area (Å²) in [5.41, 5.74) is 3.95. The monoisotopic (exact) mass is 284 g/mol. The summed E-state index contributed by atoms with van der Waals surface area (Å²) < 4.78 is 5.36. The molecule has 2 nitrogen and oxygen atoms in total. The van der Waals surface area contributed by atoms with E-state index in [2.05, 4.69) is 24.3 Å². The van der Waals surface area contributed by atoms with Crippen molar-refractivity contribution in [2.45, 2.75) is 44.6 Å². The maximum absolute atomic E-state index is 10.6. The van der Waals surface area contributed by atoms with E-state index in [0.29, 0.717) is 17.8 Å². The van der Waals surface area contributed by atoms with E-state index < -0.39 is 5.60 Å². The fraction of sp³-hybridized carbons (Fsp3) is 0.579. The van der Waals surface area contributed by atoms with Gasteiger partial charge < -0.3 is 9.84 Å². The van der Waals surface area contributed by atoms with Crippen molar-refractivity contribution in [3.63, 3.8) is 0 Å². The molecule has 3 aliphatic carbocycles. The predicted octanol–water partition coefficient (Wildman–Crippen LogP) is 3.82. The molecule has 3 aliphatic rings. The van der Waals surface area contributed by atoms with Crippen LogP contribution in [-0.4, -0.2) is 17.8 Å². The van der Waals surface area contributed by atoms with Crippen LogP contribution in [0.1, 0.15) is 43.7 Å². The van der Waals surface area contributed by atoms with Gasteiger partial charge in [-0.3, -0.25) is 0 Å². The van der Waals surface area contributed by atoms with Gasteiger partial charge in [-0.05, 0) is 85.6 Å². The molecule has 1 fully saturated rings. The highest BCUT2D eigenvalue weighted by Gasteiger charge is 2.49. The molecule has 0 aromatic heterocycles. The maximum atomic E-state index is 10.6. The Balaban J connectivity index is 1.73. The molecule has 4 atom stereocenters. The number of hydrogen-bond donors (Lipinski definition) is 1. The highest BCUT2D eigenvalue weighted by Crippen LogP contribution is 2.55. The van der Waals surface area contributed by atoms with E-state index in [4.69, 9.17) is 4.74 Å². The molecule has 1 N–H and O–H groups in total. The second-order valence-electron chi connectivity index (χ2n) is 7.23. The number of methoxy groups -OCH3 is 1. The van der Waals surface area contributed by atoms with E-state index in [0.717, 1.165) is 25.0 Å². The third kappa shape index (κ3) is 1.96. The lowest BCUT2D eigenvalue weighted by Gasteiger charge is -2.41. The standard InChI is InChI=1S/C19H24O2/c1-19(20)10-9-17-16-5-3-12-11-13(21-2)4-6-14(12)15(16)7-8-18(17)19/h4,6-7,11,16-18,20H,3,5,8-10H2,1-2H3/t16-,17+,18-,19-/m0/s1. The fourth-order valence-electron chi connectivity index (χ4n) is 5.03. The molecule has 0 bridgehead atoms. The van der Waals surface area contributed by atoms with Gasteiger partial charge in [0.05, 0.1) is 12.7 Å². The third-order valence-electron chi connectivity index (χ3n) is 6.16. The van der Waals surface area contributed by atoms with Gasteiger partial charge in [0.2, 0.25) is 0 Å². The molecule has 0 saturated heterocycles. The van der Waals surface area contributed by atoms with Crippen molar-refractivity contribution >= 4 is 5.57 Å². The van der Waals surface area contributed by atoms with Crippen LogP contribution in [0.15, 0.2) is 24.3 Å². The lowest BCUT2D eigenvalue weighted by atomic mass is 9.65. The van der Waals surface area contributed by atoms with Gasteiger partial charge >= 0.3 is 0 Å². The Morgan fingerprint density at radius 1 is 1.29 bits per heavy atom. The Labute approximate surface area is 126 Å². The summed E-state index contributed by atoms with van der Waals surface area (Å²) >= 11 is 0. The van der Waals surface area contributed by atoms with Crippen LogP contribution >= 0.6 is 0 Å². The second kappa shape index (κ2) is 4.61. The SMILES string of the molecule is COc1ccc2c(c1)CC[C@H]1C2=CC[C@H]2[C@@H]1CC[C@]2(C)O. The third-order valence-corrected chi connectivity index (χ3v) is 6.16. The Morgan fingerprint density at radius 2 is 2.14 bits per heavy atom. The lowest BCUT2D eigenvalue weighted by Crippen LogP contribution is -2.37. The first-order chi connectivity index (χ1) is 10.1. The van der Waals surface area contributed by atoms with Crippen molar-refractivity contribution in [1.29, 1.82) is 0 Å². The fourth-order valence-corrected chi connectivity index (χ4v) is 5.03. The van der Waals surface area contributed by atoms with Gasteiger partial charge in [-0.15, -0.1) is 0 Å². The van der Waals surface area contributed by atoms with E-state index >= 15 is 0 Å². The quantitative estimate of drug-likeness (QED) is 0.849. The molecule has 0 radical (unpaired) electrons. The van der Waals surface area contributed by atoms with Gasteiger partial charge in [-0.25, -0.2) is 0 Å². The number of fused-ring (bicyclic) bond motifs is 5. The molecule has 0 unspecified atom stereocenters. The minimum atomic E-state index is -0.452. The average molecular weight is 284 g/mol. The predicted molar refractivity (Wildman–Crippen MR) is 84.2 cm³/mol. The Hall–Kier alpha value is -1.28. The number of ether oxygens (including phenoxy) is 1. The number of aliphatic hydroxyl groups is 1. The summed E-state index contributed by atoms with van der Waals surface area (Å²) in [4.78, 5) is 0. The molecule has 0 heterocycles. The minimum absolute atomic E-state index is 0.452. The molecule has 1 aromatic carbocycles.